The summed E-state index contributed by atoms with van der Waals surface area (Å²) in [5, 5.41) is 2.56. The van der Waals surface area contributed by atoms with Crippen LogP contribution in [0.5, 0.6) is 0 Å². The van der Waals surface area contributed by atoms with Gasteiger partial charge in [-0.2, -0.15) is 26.3 Å². The fourth-order valence-corrected chi connectivity index (χ4v) is 6.99. The van der Waals surface area contributed by atoms with Gasteiger partial charge in [-0.1, -0.05) is 18.2 Å². The van der Waals surface area contributed by atoms with Gasteiger partial charge in [-0.15, -0.1) is 0 Å². The number of aliphatic imine (C=N–C) groups is 1. The maximum Gasteiger partial charge on any atom is 0.449 e. The molecule has 2 N–H and O–H groups in total. The van der Waals surface area contributed by atoms with E-state index in [4.69, 9.17) is 14.1 Å². The summed E-state index contributed by atoms with van der Waals surface area (Å²) in [5.74, 6) is -2.44. The number of guanidine groups is 1. The number of hydrogen-bond donors (Lipinski definition) is 2. The number of nitrogens with zero attached hydrogens (tertiary/aromatic N) is 4. The number of rotatable bonds is 8. The van der Waals surface area contributed by atoms with E-state index in [0.717, 1.165) is 24.3 Å². The molecule has 0 radical (unpaired) electrons. The molecular weight excluding hydrogens is 717 g/mol. The highest BCUT2D eigenvalue weighted by Gasteiger charge is 2.55. The van der Waals surface area contributed by atoms with E-state index in [1.165, 1.54) is 15.9 Å². The van der Waals surface area contributed by atoms with Crippen molar-refractivity contribution < 1.29 is 54.3 Å². The number of fused-ring (bicyclic) bond motifs is 2. The molecule has 11 nitrogen and oxygen atoms in total. The second-order valence-corrected chi connectivity index (χ2v) is 12.7. The topological polar surface area (TPSA) is 112 Å². The van der Waals surface area contributed by atoms with Crippen LogP contribution in [0.2, 0.25) is 0 Å². The van der Waals surface area contributed by atoms with E-state index in [9.17, 15) is 35.9 Å². The molecule has 53 heavy (non-hydrogen) atoms. The van der Waals surface area contributed by atoms with Crippen LogP contribution < -0.4 is 10.8 Å². The molecule has 4 aliphatic heterocycles. The molecule has 3 aromatic rings. The van der Waals surface area contributed by atoms with Crippen LogP contribution in [0.15, 0.2) is 75.3 Å². The molecule has 18 heteroatoms. The van der Waals surface area contributed by atoms with Crippen LogP contribution in [-0.2, 0) is 44.6 Å². The zero-order valence-corrected chi connectivity index (χ0v) is 28.5. The van der Waals surface area contributed by atoms with Crippen molar-refractivity contribution >= 4 is 24.0 Å². The number of nitrogens with one attached hydrogen (secondary N) is 2. The van der Waals surface area contributed by atoms with Crippen LogP contribution in [0.4, 0.5) is 36.4 Å². The van der Waals surface area contributed by atoms with Crippen molar-refractivity contribution in [3.63, 3.8) is 0 Å². The summed E-state index contributed by atoms with van der Waals surface area (Å²) in [4.78, 5) is 39.0. The maximum absolute atomic E-state index is 15.2. The number of anilines is 1. The summed E-state index contributed by atoms with van der Waals surface area (Å²) in [6.07, 6.45) is -8.45. The zero-order valence-electron chi connectivity index (χ0n) is 28.5. The number of amides is 2. The summed E-state index contributed by atoms with van der Waals surface area (Å²) in [7, 11) is 3.28. The van der Waals surface area contributed by atoms with Crippen molar-refractivity contribution in [2.75, 3.05) is 45.7 Å². The second-order valence-electron chi connectivity index (χ2n) is 12.7. The standard InChI is InChI=1S/C33H28F7N5O4.C2H7NO/c34-24-6-2-5-23(32(35,36)37)22(24)15-44-26-17-48-31(9-11-43(12-10-31)14-21-7-8-27(49-21)33(38,39)40)28(26)29(47)45-16-25(42-30(44)45)19-3-1-4-20(13-19)41-18-46;1-3-4-2/h1-8,13,18,25H,9-12,14-17H2,(H,41,46);3H,1-2H3. The number of ether oxygens (including phenoxy) is 1. The summed E-state index contributed by atoms with van der Waals surface area (Å²) in [6.45, 7) is 0.00960. The fourth-order valence-electron chi connectivity index (χ4n) is 6.99. The van der Waals surface area contributed by atoms with E-state index in [0.29, 0.717) is 30.8 Å². The van der Waals surface area contributed by atoms with Crippen LogP contribution in [0.1, 0.15) is 47.1 Å². The van der Waals surface area contributed by atoms with Gasteiger partial charge in [-0.3, -0.25) is 19.4 Å². The SMILES string of the molecule is CNOC.O=CNc1cccc(C2CN3C(=O)C4=C(COC45CCN(Cc4ccc(C(F)(F)F)o4)CC5)N(Cc4c(F)cccc4C(F)(F)F)C3=N2)c1. The average molecular weight is 753 g/mol. The molecule has 0 bridgehead atoms. The van der Waals surface area contributed by atoms with Crippen molar-refractivity contribution in [2.24, 2.45) is 4.99 Å². The lowest BCUT2D eigenvalue weighted by Gasteiger charge is -2.42. The Kier molecular flexibility index (Phi) is 10.7. The third kappa shape index (κ3) is 7.67. The van der Waals surface area contributed by atoms with E-state index in [1.807, 2.05) is 4.90 Å². The Morgan fingerprint density at radius 3 is 2.38 bits per heavy atom. The average Bonchev–Trinajstić information content (AvgIpc) is 3.87. The quantitative estimate of drug-likeness (QED) is 0.167. The third-order valence-corrected chi connectivity index (χ3v) is 9.55. The van der Waals surface area contributed by atoms with E-state index in [2.05, 4.69) is 15.6 Å². The number of piperidine rings is 1. The maximum atomic E-state index is 15.2. The third-order valence-electron chi connectivity index (χ3n) is 9.55. The predicted octanol–water partition coefficient (Wildman–Crippen LogP) is 5.87. The smallest absolute Gasteiger partial charge is 0.449 e. The van der Waals surface area contributed by atoms with Crippen LogP contribution in [-0.4, -0.2) is 79.0 Å². The number of hydrogen-bond acceptors (Lipinski definition) is 9. The van der Waals surface area contributed by atoms with Crippen molar-refractivity contribution in [1.29, 1.82) is 0 Å². The van der Waals surface area contributed by atoms with Gasteiger partial charge in [0, 0.05) is 31.4 Å². The summed E-state index contributed by atoms with van der Waals surface area (Å²) in [5.41, 5.74) is 1.15. The Morgan fingerprint density at radius 1 is 1.02 bits per heavy atom. The Balaban J connectivity index is 0.00000114. The molecule has 2 aromatic carbocycles. The molecule has 0 aliphatic carbocycles. The van der Waals surface area contributed by atoms with E-state index in [-0.39, 0.29) is 55.5 Å². The molecule has 1 spiro atoms. The van der Waals surface area contributed by atoms with Gasteiger partial charge in [0.15, 0.2) is 0 Å². The molecule has 1 atom stereocenters. The van der Waals surface area contributed by atoms with E-state index in [1.54, 1.807) is 38.4 Å². The highest BCUT2D eigenvalue weighted by Crippen LogP contribution is 2.47. The molecule has 5 heterocycles. The van der Waals surface area contributed by atoms with E-state index >= 15 is 4.39 Å². The number of likely N-dealkylation sites (tertiary alicyclic amines) is 1. The molecule has 284 valence electrons. The lowest BCUT2D eigenvalue weighted by Crippen LogP contribution is -2.54. The number of carbonyl (C=O) groups is 2. The van der Waals surface area contributed by atoms with Crippen LogP contribution in [0.25, 0.3) is 0 Å². The minimum atomic E-state index is -4.86. The Labute approximate surface area is 299 Å². The van der Waals surface area contributed by atoms with Crippen molar-refractivity contribution in [2.45, 2.75) is 49.9 Å². The monoisotopic (exact) mass is 752 g/mol. The molecule has 1 saturated heterocycles. The van der Waals surface area contributed by atoms with Gasteiger partial charge in [-0.05, 0) is 54.8 Å². The van der Waals surface area contributed by atoms with Gasteiger partial charge in [-0.25, -0.2) is 14.9 Å². The second kappa shape index (κ2) is 14.9. The highest BCUT2D eigenvalue weighted by molar-refractivity contribution is 6.11. The first kappa shape index (κ1) is 38.0. The van der Waals surface area contributed by atoms with Gasteiger partial charge in [0.05, 0.1) is 56.2 Å². The van der Waals surface area contributed by atoms with Crippen molar-refractivity contribution in [3.05, 3.63) is 99.9 Å². The predicted molar refractivity (Wildman–Crippen MR) is 175 cm³/mol. The summed E-state index contributed by atoms with van der Waals surface area (Å²) < 4.78 is 108. The lowest BCUT2D eigenvalue weighted by atomic mass is 9.82. The van der Waals surface area contributed by atoms with Crippen molar-refractivity contribution in [1.82, 2.24) is 20.2 Å². The normalized spacial score (nSPS) is 19.9. The summed E-state index contributed by atoms with van der Waals surface area (Å²) in [6, 6.07) is 11.0. The Bertz CT molecular complexity index is 1900. The Morgan fingerprint density at radius 2 is 1.74 bits per heavy atom. The molecule has 1 unspecified atom stereocenters. The zero-order chi connectivity index (χ0) is 38.1. The van der Waals surface area contributed by atoms with Crippen LogP contribution >= 0.6 is 0 Å². The van der Waals surface area contributed by atoms with E-state index < -0.39 is 59.2 Å². The highest BCUT2D eigenvalue weighted by atomic mass is 19.4. The van der Waals surface area contributed by atoms with Crippen molar-refractivity contribution in [3.8, 4) is 0 Å². The molecule has 1 aromatic heterocycles. The largest absolute Gasteiger partial charge is 0.455 e. The molecule has 1 fully saturated rings. The lowest BCUT2D eigenvalue weighted by molar-refractivity contribution is -0.153. The number of halogens is 7. The van der Waals surface area contributed by atoms with Gasteiger partial charge in [0.25, 0.3) is 5.91 Å². The number of furan rings is 1. The molecule has 2 amide bonds. The van der Waals surface area contributed by atoms with Gasteiger partial charge in [0.2, 0.25) is 18.1 Å². The number of benzene rings is 2. The van der Waals surface area contributed by atoms with Gasteiger partial charge in [0.1, 0.15) is 17.2 Å². The molecule has 7 rings (SSSR count). The minimum absolute atomic E-state index is 0.0254. The number of hydroxylamine groups is 1. The van der Waals surface area contributed by atoms with Crippen LogP contribution in [0.3, 0.4) is 0 Å². The number of alkyl halides is 6. The first-order valence-corrected chi connectivity index (χ1v) is 16.5. The first-order chi connectivity index (χ1) is 25.2. The fraction of sp³-hybridized carbons (Fsp3) is 0.400. The number of carbonyl (C=O) groups excluding carboxylic acids is 2. The van der Waals surface area contributed by atoms with Gasteiger partial charge < -0.3 is 24.2 Å². The van der Waals surface area contributed by atoms with Crippen LogP contribution in [0, 0.1) is 5.82 Å². The minimum Gasteiger partial charge on any atom is -0.455 e. The molecule has 0 saturated carbocycles. The summed E-state index contributed by atoms with van der Waals surface area (Å²) >= 11 is 0. The molecule has 4 aliphatic rings. The van der Waals surface area contributed by atoms with Gasteiger partial charge >= 0.3 is 12.4 Å². The first-order valence-electron chi connectivity index (χ1n) is 16.5. The molecular formula is C35H35F7N6O5. The Hall–Kier alpha value is -4.78.